The van der Waals surface area contributed by atoms with Gasteiger partial charge < -0.3 is 10.5 Å². The first kappa shape index (κ1) is 13.1. The fraction of sp³-hybridized carbons (Fsp3) is 1.00. The zero-order valence-corrected chi connectivity index (χ0v) is 8.25. The number of hydrogen-bond donors (Lipinski definition) is 1. The zero-order valence-electron chi connectivity index (χ0n) is 7.43. The zero-order chi connectivity index (χ0) is 10.3. The van der Waals surface area contributed by atoms with Gasteiger partial charge in [0.15, 0.2) is 0 Å². The van der Waals surface area contributed by atoms with E-state index in [1.54, 1.807) is 0 Å². The molecule has 80 valence electrons. The van der Waals surface area contributed by atoms with E-state index in [0.717, 1.165) is 0 Å². The molecule has 0 bridgehead atoms. The number of ether oxygens (including phenoxy) is 1. The average molecular weight is 217 g/mol. The lowest BCUT2D eigenvalue weighted by atomic mass is 10.5. The molecular weight excluding hydrogens is 203 g/mol. The van der Waals surface area contributed by atoms with Crippen molar-refractivity contribution in [2.75, 3.05) is 25.5 Å². The van der Waals surface area contributed by atoms with Gasteiger partial charge in [0.25, 0.3) is 0 Å². The second kappa shape index (κ2) is 6.50. The van der Waals surface area contributed by atoms with Crippen LogP contribution in [0.3, 0.4) is 0 Å². The normalized spacial score (nSPS) is 14.5. The first-order valence-corrected chi connectivity index (χ1v) is 4.96. The molecule has 0 aromatic heterocycles. The first-order valence-electron chi connectivity index (χ1n) is 3.92. The van der Waals surface area contributed by atoms with Gasteiger partial charge in [0.05, 0.1) is 6.61 Å². The minimum Gasteiger partial charge on any atom is -0.371 e. The Kier molecular flexibility index (Phi) is 6.53. The monoisotopic (exact) mass is 217 g/mol. The van der Waals surface area contributed by atoms with Crippen LogP contribution < -0.4 is 5.73 Å². The van der Waals surface area contributed by atoms with Crippen LogP contribution in [0.4, 0.5) is 13.2 Å². The summed E-state index contributed by atoms with van der Waals surface area (Å²) in [4.78, 5) is 0. The fourth-order valence-electron chi connectivity index (χ4n) is 0.564. The van der Waals surface area contributed by atoms with Crippen LogP contribution in [0.15, 0.2) is 0 Å². The van der Waals surface area contributed by atoms with Crippen molar-refractivity contribution in [2.45, 2.75) is 18.3 Å². The molecule has 0 fully saturated rings. The van der Waals surface area contributed by atoms with Crippen LogP contribution in [0.25, 0.3) is 0 Å². The molecule has 0 aromatic rings. The third kappa shape index (κ3) is 9.98. The second-order valence-corrected chi connectivity index (χ2v) is 4.13. The summed E-state index contributed by atoms with van der Waals surface area (Å²) in [6.45, 7) is 1.41. The summed E-state index contributed by atoms with van der Waals surface area (Å²) in [5.41, 5.74) is 5.31. The van der Waals surface area contributed by atoms with Crippen molar-refractivity contribution < 1.29 is 17.9 Å². The molecule has 13 heavy (non-hydrogen) atoms. The van der Waals surface area contributed by atoms with Crippen molar-refractivity contribution in [1.82, 2.24) is 0 Å². The predicted octanol–water partition coefficient (Wildman–Crippen LogP) is 1.65. The van der Waals surface area contributed by atoms with E-state index in [-0.39, 0.29) is 11.9 Å². The smallest absolute Gasteiger partial charge is 0.371 e. The average Bonchev–Trinajstić information content (AvgIpc) is 2.01. The number of hydrogen-bond acceptors (Lipinski definition) is 3. The highest BCUT2D eigenvalue weighted by molar-refractivity contribution is 7.99. The van der Waals surface area contributed by atoms with E-state index in [4.69, 9.17) is 5.73 Å². The van der Waals surface area contributed by atoms with Gasteiger partial charge in [0, 0.05) is 17.5 Å². The Morgan fingerprint density at radius 3 is 2.54 bits per heavy atom. The maximum absolute atomic E-state index is 11.6. The highest BCUT2D eigenvalue weighted by atomic mass is 32.2. The number of halogens is 3. The van der Waals surface area contributed by atoms with E-state index >= 15 is 0 Å². The quantitative estimate of drug-likeness (QED) is 0.687. The maximum atomic E-state index is 11.6. The van der Waals surface area contributed by atoms with Gasteiger partial charge in [-0.05, 0) is 0 Å². The lowest BCUT2D eigenvalue weighted by Gasteiger charge is -2.09. The van der Waals surface area contributed by atoms with Crippen LogP contribution in [0.1, 0.15) is 6.92 Å². The topological polar surface area (TPSA) is 35.2 Å². The van der Waals surface area contributed by atoms with Gasteiger partial charge in [-0.15, -0.1) is 0 Å². The Hall–Kier alpha value is 0.0600. The summed E-state index contributed by atoms with van der Waals surface area (Å²) in [5.74, 6) is 0.550. The molecule has 0 aliphatic heterocycles. The standard InChI is InChI=1S/C7H14F3NOS/c1-6(4-11)13-3-2-12-5-7(8,9)10/h6H,2-5,11H2,1H3. The maximum Gasteiger partial charge on any atom is 0.411 e. The SMILES string of the molecule is CC(CN)SCCOCC(F)(F)F. The van der Waals surface area contributed by atoms with Crippen molar-refractivity contribution in [3.63, 3.8) is 0 Å². The van der Waals surface area contributed by atoms with Crippen molar-refractivity contribution in [3.05, 3.63) is 0 Å². The number of rotatable bonds is 6. The van der Waals surface area contributed by atoms with Crippen LogP contribution in [-0.4, -0.2) is 36.9 Å². The fourth-order valence-corrected chi connectivity index (χ4v) is 1.32. The minimum absolute atomic E-state index is 0.120. The molecule has 2 N–H and O–H groups in total. The Balaban J connectivity index is 3.18. The predicted molar refractivity (Wildman–Crippen MR) is 47.8 cm³/mol. The van der Waals surface area contributed by atoms with E-state index in [1.165, 1.54) is 11.8 Å². The van der Waals surface area contributed by atoms with Crippen molar-refractivity contribution in [1.29, 1.82) is 0 Å². The van der Waals surface area contributed by atoms with Gasteiger partial charge in [-0.1, -0.05) is 6.92 Å². The molecule has 0 saturated carbocycles. The molecule has 6 heteroatoms. The molecule has 0 saturated heterocycles. The molecule has 0 rings (SSSR count). The summed E-state index contributed by atoms with van der Waals surface area (Å²) in [6, 6.07) is 0. The molecule has 0 aliphatic carbocycles. The molecule has 0 aromatic carbocycles. The van der Waals surface area contributed by atoms with E-state index < -0.39 is 12.8 Å². The van der Waals surface area contributed by atoms with Gasteiger partial charge in [-0.2, -0.15) is 24.9 Å². The summed E-state index contributed by atoms with van der Waals surface area (Å²) in [5, 5.41) is 0.273. The highest BCUT2D eigenvalue weighted by Gasteiger charge is 2.27. The van der Waals surface area contributed by atoms with E-state index in [9.17, 15) is 13.2 Å². The van der Waals surface area contributed by atoms with Gasteiger partial charge in [0.1, 0.15) is 6.61 Å². The first-order chi connectivity index (χ1) is 5.95. The lowest BCUT2D eigenvalue weighted by molar-refractivity contribution is -0.172. The molecule has 0 aliphatic rings. The Bertz CT molecular complexity index is 131. The summed E-state index contributed by atoms with van der Waals surface area (Å²) in [6.07, 6.45) is -4.22. The molecule has 0 radical (unpaired) electrons. The van der Waals surface area contributed by atoms with Crippen LogP contribution in [0.5, 0.6) is 0 Å². The van der Waals surface area contributed by atoms with E-state index in [0.29, 0.717) is 12.3 Å². The Morgan fingerprint density at radius 1 is 1.46 bits per heavy atom. The molecule has 0 heterocycles. The number of thioether (sulfide) groups is 1. The van der Waals surface area contributed by atoms with Gasteiger partial charge in [-0.25, -0.2) is 0 Å². The molecule has 0 spiro atoms. The van der Waals surface area contributed by atoms with Crippen LogP contribution in [-0.2, 0) is 4.74 Å². The van der Waals surface area contributed by atoms with Gasteiger partial charge in [0.2, 0.25) is 0 Å². The number of nitrogens with two attached hydrogens (primary N) is 1. The second-order valence-electron chi connectivity index (χ2n) is 2.58. The minimum atomic E-state index is -4.22. The third-order valence-electron chi connectivity index (χ3n) is 1.23. The Morgan fingerprint density at radius 2 is 2.08 bits per heavy atom. The Labute approximate surface area is 80.0 Å². The summed E-state index contributed by atoms with van der Waals surface area (Å²) < 4.78 is 39.1. The van der Waals surface area contributed by atoms with Gasteiger partial charge in [-0.3, -0.25) is 0 Å². The van der Waals surface area contributed by atoms with Crippen LogP contribution in [0, 0.1) is 0 Å². The van der Waals surface area contributed by atoms with Crippen molar-refractivity contribution in [3.8, 4) is 0 Å². The van der Waals surface area contributed by atoms with Crippen LogP contribution in [0.2, 0.25) is 0 Å². The molecule has 0 amide bonds. The lowest BCUT2D eigenvalue weighted by Crippen LogP contribution is -2.19. The molecule has 1 unspecified atom stereocenters. The molecule has 2 nitrogen and oxygen atoms in total. The summed E-state index contributed by atoms with van der Waals surface area (Å²) in [7, 11) is 0. The van der Waals surface area contributed by atoms with Crippen molar-refractivity contribution >= 4 is 11.8 Å². The largest absolute Gasteiger partial charge is 0.411 e. The highest BCUT2D eigenvalue weighted by Crippen LogP contribution is 2.15. The van der Waals surface area contributed by atoms with E-state index in [1.807, 2.05) is 6.92 Å². The summed E-state index contributed by atoms with van der Waals surface area (Å²) >= 11 is 1.51. The molecular formula is C7H14F3NOS. The number of alkyl halides is 3. The van der Waals surface area contributed by atoms with Gasteiger partial charge >= 0.3 is 6.18 Å². The third-order valence-corrected chi connectivity index (χ3v) is 2.39. The van der Waals surface area contributed by atoms with Crippen LogP contribution >= 0.6 is 11.8 Å². The van der Waals surface area contributed by atoms with Crippen molar-refractivity contribution in [2.24, 2.45) is 5.73 Å². The van der Waals surface area contributed by atoms with E-state index in [2.05, 4.69) is 4.74 Å². The molecule has 1 atom stereocenters.